The number of carbonyl (C=O) groups excluding carboxylic acids is 1. The molecule has 2 saturated carbocycles. The predicted molar refractivity (Wildman–Crippen MR) is 92.3 cm³/mol. The van der Waals surface area contributed by atoms with E-state index in [2.05, 4.69) is 4.72 Å². The number of rotatable bonds is 4. The highest BCUT2D eigenvalue weighted by Gasteiger charge is 2.52. The zero-order valence-electron chi connectivity index (χ0n) is 14.0. The molecule has 3 fully saturated rings. The summed E-state index contributed by atoms with van der Waals surface area (Å²) in [6.07, 6.45) is 6.08. The molecule has 1 N–H and O–H groups in total. The maximum atomic E-state index is 12.9. The summed E-state index contributed by atoms with van der Waals surface area (Å²) in [5.41, 5.74) is 1.42. The molecule has 0 radical (unpaired) electrons. The van der Waals surface area contributed by atoms with Crippen molar-refractivity contribution in [1.29, 1.82) is 0 Å². The fraction of sp³-hybridized carbons (Fsp3) is 0.611. The van der Waals surface area contributed by atoms with E-state index in [1.54, 1.807) is 17.0 Å². The van der Waals surface area contributed by atoms with Gasteiger partial charge in [0.15, 0.2) is 0 Å². The fourth-order valence-corrected chi connectivity index (χ4v) is 5.98. The van der Waals surface area contributed by atoms with Crippen LogP contribution in [0.4, 0.5) is 5.69 Å². The second-order valence-corrected chi connectivity index (χ2v) is 9.04. The largest absolute Gasteiger partial charge is 0.312 e. The normalized spacial score (nSPS) is 29.6. The van der Waals surface area contributed by atoms with Crippen LogP contribution in [0, 0.1) is 18.8 Å². The lowest BCUT2D eigenvalue weighted by Crippen LogP contribution is -2.29. The molecule has 1 saturated heterocycles. The smallest absolute Gasteiger partial charge is 0.241 e. The van der Waals surface area contributed by atoms with Crippen LogP contribution in [0.1, 0.15) is 44.1 Å². The Balaban J connectivity index is 1.59. The highest BCUT2D eigenvalue weighted by molar-refractivity contribution is 7.89. The minimum absolute atomic E-state index is 0.0726. The number of sulfonamides is 1. The van der Waals surface area contributed by atoms with E-state index in [0.717, 1.165) is 24.8 Å². The summed E-state index contributed by atoms with van der Waals surface area (Å²) >= 11 is 0. The summed E-state index contributed by atoms with van der Waals surface area (Å²) in [5.74, 6) is 1.12. The lowest BCUT2D eigenvalue weighted by atomic mass is 10.0. The molecule has 24 heavy (non-hydrogen) atoms. The van der Waals surface area contributed by atoms with Crippen LogP contribution in [-0.2, 0) is 14.8 Å². The Morgan fingerprint density at radius 1 is 1.12 bits per heavy atom. The zero-order chi connectivity index (χ0) is 16.9. The number of nitrogens with zero attached hydrogens (tertiary/aromatic N) is 1. The molecule has 1 aromatic carbocycles. The van der Waals surface area contributed by atoms with Crippen LogP contribution >= 0.6 is 0 Å². The van der Waals surface area contributed by atoms with Gasteiger partial charge in [0.2, 0.25) is 15.9 Å². The number of anilines is 1. The van der Waals surface area contributed by atoms with Gasteiger partial charge in [-0.05, 0) is 55.7 Å². The number of aryl methyl sites for hydroxylation is 1. The highest BCUT2D eigenvalue weighted by Crippen LogP contribution is 2.50. The summed E-state index contributed by atoms with van der Waals surface area (Å²) in [6.45, 7) is 2.48. The molecule has 2 unspecified atom stereocenters. The Bertz CT molecular complexity index is 762. The van der Waals surface area contributed by atoms with Gasteiger partial charge in [-0.2, -0.15) is 0 Å². The molecule has 130 valence electrons. The van der Waals surface area contributed by atoms with Crippen LogP contribution in [0.3, 0.4) is 0 Å². The second kappa shape index (κ2) is 5.85. The molecular formula is C18H24N2O3S. The fourth-order valence-electron chi connectivity index (χ4n) is 4.38. The summed E-state index contributed by atoms with van der Waals surface area (Å²) in [5, 5.41) is 0. The Morgan fingerprint density at radius 2 is 1.83 bits per heavy atom. The lowest BCUT2D eigenvalue weighted by Gasteiger charge is -2.18. The summed E-state index contributed by atoms with van der Waals surface area (Å²) in [6, 6.07) is 5.41. The van der Waals surface area contributed by atoms with E-state index in [1.807, 2.05) is 13.0 Å². The topological polar surface area (TPSA) is 66.5 Å². The van der Waals surface area contributed by atoms with Gasteiger partial charge in [0.05, 0.1) is 4.90 Å². The first kappa shape index (κ1) is 16.1. The number of carbonyl (C=O) groups is 1. The van der Waals surface area contributed by atoms with Crippen molar-refractivity contribution >= 4 is 21.6 Å². The van der Waals surface area contributed by atoms with Crippen molar-refractivity contribution in [2.75, 3.05) is 11.4 Å². The van der Waals surface area contributed by atoms with Crippen molar-refractivity contribution in [2.45, 2.75) is 56.4 Å². The Labute approximate surface area is 143 Å². The van der Waals surface area contributed by atoms with Crippen molar-refractivity contribution in [2.24, 2.45) is 11.8 Å². The van der Waals surface area contributed by atoms with Gasteiger partial charge in [-0.1, -0.05) is 18.9 Å². The first-order valence-corrected chi connectivity index (χ1v) is 10.4. The van der Waals surface area contributed by atoms with Crippen molar-refractivity contribution in [3.63, 3.8) is 0 Å². The second-order valence-electron chi connectivity index (χ2n) is 7.36. The minimum Gasteiger partial charge on any atom is -0.312 e. The van der Waals surface area contributed by atoms with Gasteiger partial charge in [0.1, 0.15) is 0 Å². The third kappa shape index (κ3) is 2.75. The summed E-state index contributed by atoms with van der Waals surface area (Å²) in [4.78, 5) is 13.9. The maximum absolute atomic E-state index is 12.9. The molecule has 0 aromatic heterocycles. The average Bonchev–Trinajstić information content (AvgIpc) is 3.05. The van der Waals surface area contributed by atoms with E-state index in [0.29, 0.717) is 35.4 Å². The predicted octanol–water partition coefficient (Wildman–Crippen LogP) is 2.59. The monoisotopic (exact) mass is 348 g/mol. The standard InChI is InChI=1S/C18H24N2O3S/c1-12-8-9-13(20-10-4-7-17(20)21)11-16(12)24(22,23)19-18-14-5-2-3-6-15(14)18/h8-9,11,14-15,18-19H,2-7,10H2,1H3. The van der Waals surface area contributed by atoms with Gasteiger partial charge in [0.25, 0.3) is 0 Å². The maximum Gasteiger partial charge on any atom is 0.241 e. The third-order valence-corrected chi connectivity index (χ3v) is 7.40. The van der Waals surface area contributed by atoms with Crippen LogP contribution < -0.4 is 9.62 Å². The van der Waals surface area contributed by atoms with Crippen molar-refractivity contribution in [3.05, 3.63) is 23.8 Å². The number of hydrogen-bond acceptors (Lipinski definition) is 3. The van der Waals surface area contributed by atoms with E-state index >= 15 is 0 Å². The number of benzene rings is 1. The van der Waals surface area contributed by atoms with Crippen LogP contribution in [-0.4, -0.2) is 26.9 Å². The first-order chi connectivity index (χ1) is 11.5. The SMILES string of the molecule is Cc1ccc(N2CCCC2=O)cc1S(=O)(=O)NC1C2CCCCC21. The molecule has 0 spiro atoms. The molecule has 0 bridgehead atoms. The Hall–Kier alpha value is -1.40. The molecule has 3 aliphatic rings. The number of amides is 1. The van der Waals surface area contributed by atoms with Crippen LogP contribution in [0.5, 0.6) is 0 Å². The summed E-state index contributed by atoms with van der Waals surface area (Å²) < 4.78 is 28.7. The number of fused-ring (bicyclic) bond motifs is 1. The van der Waals surface area contributed by atoms with E-state index in [4.69, 9.17) is 0 Å². The third-order valence-electron chi connectivity index (χ3n) is 5.79. The number of hydrogen-bond donors (Lipinski definition) is 1. The molecule has 1 aromatic rings. The quantitative estimate of drug-likeness (QED) is 0.909. The van der Waals surface area contributed by atoms with Crippen LogP contribution in [0.25, 0.3) is 0 Å². The molecule has 5 nitrogen and oxygen atoms in total. The van der Waals surface area contributed by atoms with E-state index in [-0.39, 0.29) is 11.9 Å². The van der Waals surface area contributed by atoms with Gasteiger partial charge in [-0.15, -0.1) is 0 Å². The molecule has 1 amide bonds. The molecular weight excluding hydrogens is 324 g/mol. The molecule has 1 heterocycles. The van der Waals surface area contributed by atoms with Gasteiger partial charge in [-0.3, -0.25) is 4.79 Å². The zero-order valence-corrected chi connectivity index (χ0v) is 14.8. The average molecular weight is 348 g/mol. The van der Waals surface area contributed by atoms with E-state index < -0.39 is 10.0 Å². The highest BCUT2D eigenvalue weighted by atomic mass is 32.2. The molecule has 6 heteroatoms. The minimum atomic E-state index is -3.54. The van der Waals surface area contributed by atoms with Crippen LogP contribution in [0.2, 0.25) is 0 Å². The van der Waals surface area contributed by atoms with E-state index in [9.17, 15) is 13.2 Å². The first-order valence-electron chi connectivity index (χ1n) is 8.91. The Kier molecular flexibility index (Phi) is 3.92. The van der Waals surface area contributed by atoms with E-state index in [1.165, 1.54) is 12.8 Å². The summed E-state index contributed by atoms with van der Waals surface area (Å²) in [7, 11) is -3.54. The molecule has 2 atom stereocenters. The van der Waals surface area contributed by atoms with Gasteiger partial charge < -0.3 is 4.90 Å². The Morgan fingerprint density at radius 3 is 2.46 bits per heavy atom. The van der Waals surface area contributed by atoms with Gasteiger partial charge in [-0.25, -0.2) is 13.1 Å². The van der Waals surface area contributed by atoms with Crippen molar-refractivity contribution in [3.8, 4) is 0 Å². The lowest BCUT2D eigenvalue weighted by molar-refractivity contribution is -0.117. The molecule has 2 aliphatic carbocycles. The molecule has 4 rings (SSSR count). The van der Waals surface area contributed by atoms with Crippen molar-refractivity contribution < 1.29 is 13.2 Å². The van der Waals surface area contributed by atoms with Gasteiger partial charge in [0, 0.05) is 24.7 Å². The number of nitrogens with one attached hydrogen (secondary N) is 1. The van der Waals surface area contributed by atoms with Crippen LogP contribution in [0.15, 0.2) is 23.1 Å². The molecule has 1 aliphatic heterocycles. The van der Waals surface area contributed by atoms with Gasteiger partial charge >= 0.3 is 0 Å². The van der Waals surface area contributed by atoms with Crippen molar-refractivity contribution in [1.82, 2.24) is 4.72 Å².